The van der Waals surface area contributed by atoms with Gasteiger partial charge in [-0.1, -0.05) is 0 Å². The summed E-state index contributed by atoms with van der Waals surface area (Å²) in [6.07, 6.45) is 0. The van der Waals surface area contributed by atoms with Crippen LogP contribution in [0.5, 0.6) is 0 Å². The summed E-state index contributed by atoms with van der Waals surface area (Å²) in [6.45, 7) is 4.94. The third-order valence-corrected chi connectivity index (χ3v) is 2.55. The van der Waals surface area contributed by atoms with E-state index >= 15 is 0 Å². The molecule has 0 amide bonds. The smallest absolute Gasteiger partial charge is 0.170 e. The van der Waals surface area contributed by atoms with Crippen molar-refractivity contribution in [2.45, 2.75) is 13.8 Å². The van der Waals surface area contributed by atoms with Gasteiger partial charge in [-0.15, -0.1) is 11.3 Å². The van der Waals surface area contributed by atoms with E-state index in [0.29, 0.717) is 5.11 Å². The first-order valence-electron chi connectivity index (χ1n) is 3.81. The van der Waals surface area contributed by atoms with E-state index in [2.05, 4.69) is 28.3 Å². The summed E-state index contributed by atoms with van der Waals surface area (Å²) in [6, 6.07) is 0. The number of hydrogen-bond donors (Lipinski definition) is 2. The van der Waals surface area contributed by atoms with Gasteiger partial charge in [0.1, 0.15) is 0 Å². The van der Waals surface area contributed by atoms with Crippen molar-refractivity contribution in [3.63, 3.8) is 0 Å². The Kier molecular flexibility index (Phi) is 3.49. The van der Waals surface area contributed by atoms with Crippen molar-refractivity contribution in [3.05, 3.63) is 16.3 Å². The number of rotatable bonds is 2. The van der Waals surface area contributed by atoms with Crippen molar-refractivity contribution in [3.8, 4) is 0 Å². The lowest BCUT2D eigenvalue weighted by atomic mass is 10.3. The van der Waals surface area contributed by atoms with E-state index in [1.165, 1.54) is 5.56 Å². The Morgan fingerprint density at radius 2 is 2.33 bits per heavy atom. The maximum absolute atomic E-state index is 5.04. The lowest BCUT2D eigenvalue weighted by molar-refractivity contribution is 0.979. The fourth-order valence-electron chi connectivity index (χ4n) is 0.816. The first kappa shape index (κ1) is 9.48. The summed E-state index contributed by atoms with van der Waals surface area (Å²) in [5.74, 6) is 0. The van der Waals surface area contributed by atoms with Crippen LogP contribution in [0.1, 0.15) is 12.5 Å². The van der Waals surface area contributed by atoms with Gasteiger partial charge in [-0.3, -0.25) is 0 Å². The molecular formula is C8H12N2S2. The summed E-state index contributed by atoms with van der Waals surface area (Å²) in [5.41, 5.74) is 2.34. The van der Waals surface area contributed by atoms with Crippen LogP contribution < -0.4 is 10.6 Å². The second-order valence-electron chi connectivity index (χ2n) is 2.45. The minimum atomic E-state index is 0.694. The molecule has 0 radical (unpaired) electrons. The van der Waals surface area contributed by atoms with Crippen LogP contribution in [0, 0.1) is 6.92 Å². The summed E-state index contributed by atoms with van der Waals surface area (Å²) < 4.78 is 0. The van der Waals surface area contributed by atoms with Crippen LogP contribution in [-0.4, -0.2) is 11.7 Å². The second kappa shape index (κ2) is 4.42. The van der Waals surface area contributed by atoms with E-state index in [1.807, 2.05) is 6.92 Å². The molecule has 1 aromatic rings. The van der Waals surface area contributed by atoms with E-state index in [4.69, 9.17) is 12.2 Å². The van der Waals surface area contributed by atoms with Gasteiger partial charge in [-0.05, 0) is 37.0 Å². The molecule has 12 heavy (non-hydrogen) atoms. The Bertz CT molecular complexity index is 268. The molecule has 0 spiro atoms. The standard InChI is InChI=1S/C8H12N2S2/c1-3-9-8(11)10-7-5-12-4-6(7)2/h4-5H,3H2,1-2H3,(H2,9,10,11). The summed E-state index contributed by atoms with van der Waals surface area (Å²) in [5, 5.41) is 11.0. The lowest BCUT2D eigenvalue weighted by Gasteiger charge is -2.07. The molecule has 0 saturated heterocycles. The monoisotopic (exact) mass is 200 g/mol. The Hall–Kier alpha value is -0.610. The molecular weight excluding hydrogens is 188 g/mol. The van der Waals surface area contributed by atoms with Gasteiger partial charge in [-0.25, -0.2) is 0 Å². The molecule has 66 valence electrons. The molecule has 0 saturated carbocycles. The number of nitrogens with one attached hydrogen (secondary N) is 2. The molecule has 2 N–H and O–H groups in total. The minimum absolute atomic E-state index is 0.694. The van der Waals surface area contributed by atoms with Crippen molar-refractivity contribution >= 4 is 34.4 Å². The molecule has 0 unspecified atom stereocenters. The van der Waals surface area contributed by atoms with Crippen LogP contribution in [0.25, 0.3) is 0 Å². The Labute approximate surface area is 82.0 Å². The van der Waals surface area contributed by atoms with Crippen molar-refractivity contribution in [2.75, 3.05) is 11.9 Å². The van der Waals surface area contributed by atoms with Crippen LogP contribution in [0.4, 0.5) is 5.69 Å². The molecule has 4 heteroatoms. The molecule has 1 rings (SSSR count). The first-order chi connectivity index (χ1) is 5.74. The molecule has 0 aliphatic carbocycles. The van der Waals surface area contributed by atoms with Crippen LogP contribution in [0.3, 0.4) is 0 Å². The number of thiophene rings is 1. The largest absolute Gasteiger partial charge is 0.363 e. The Morgan fingerprint density at radius 1 is 1.58 bits per heavy atom. The van der Waals surface area contributed by atoms with Gasteiger partial charge in [-0.2, -0.15) is 0 Å². The number of anilines is 1. The zero-order valence-corrected chi connectivity index (χ0v) is 8.81. The third-order valence-electron chi connectivity index (χ3n) is 1.44. The predicted molar refractivity (Wildman–Crippen MR) is 59.0 cm³/mol. The molecule has 2 nitrogen and oxygen atoms in total. The van der Waals surface area contributed by atoms with E-state index in [9.17, 15) is 0 Å². The van der Waals surface area contributed by atoms with Crippen molar-refractivity contribution in [1.82, 2.24) is 5.32 Å². The molecule has 0 atom stereocenters. The van der Waals surface area contributed by atoms with Gasteiger partial charge in [0.05, 0.1) is 5.69 Å². The highest BCUT2D eigenvalue weighted by Crippen LogP contribution is 2.18. The summed E-state index contributed by atoms with van der Waals surface area (Å²) in [4.78, 5) is 0. The van der Waals surface area contributed by atoms with Gasteiger partial charge >= 0.3 is 0 Å². The normalized spacial score (nSPS) is 9.50. The molecule has 1 heterocycles. The highest BCUT2D eigenvalue weighted by Gasteiger charge is 1.99. The molecule has 1 aromatic heterocycles. The van der Waals surface area contributed by atoms with Crippen LogP contribution in [0.2, 0.25) is 0 Å². The maximum Gasteiger partial charge on any atom is 0.170 e. The molecule has 0 fully saturated rings. The quantitative estimate of drug-likeness (QED) is 0.717. The van der Waals surface area contributed by atoms with E-state index < -0.39 is 0 Å². The van der Waals surface area contributed by atoms with Gasteiger partial charge < -0.3 is 10.6 Å². The topological polar surface area (TPSA) is 24.1 Å². The fourth-order valence-corrected chi connectivity index (χ4v) is 1.85. The molecule has 0 bridgehead atoms. The highest BCUT2D eigenvalue weighted by atomic mass is 32.1. The Balaban J connectivity index is 2.52. The number of aryl methyl sites for hydroxylation is 1. The van der Waals surface area contributed by atoms with Crippen molar-refractivity contribution in [1.29, 1.82) is 0 Å². The Morgan fingerprint density at radius 3 is 2.83 bits per heavy atom. The van der Waals surface area contributed by atoms with Crippen molar-refractivity contribution < 1.29 is 0 Å². The average Bonchev–Trinajstić information content (AvgIpc) is 2.37. The van der Waals surface area contributed by atoms with Gasteiger partial charge in [0.25, 0.3) is 0 Å². The zero-order chi connectivity index (χ0) is 8.97. The second-order valence-corrected chi connectivity index (χ2v) is 3.60. The minimum Gasteiger partial charge on any atom is -0.363 e. The highest BCUT2D eigenvalue weighted by molar-refractivity contribution is 7.80. The molecule has 0 aliphatic rings. The SMILES string of the molecule is CCNC(=S)Nc1cscc1C. The third kappa shape index (κ3) is 2.46. The zero-order valence-electron chi connectivity index (χ0n) is 7.18. The van der Waals surface area contributed by atoms with Gasteiger partial charge in [0.2, 0.25) is 0 Å². The van der Waals surface area contributed by atoms with E-state index in [1.54, 1.807) is 11.3 Å². The molecule has 0 aliphatic heterocycles. The summed E-state index contributed by atoms with van der Waals surface area (Å²) >= 11 is 6.72. The van der Waals surface area contributed by atoms with Crippen LogP contribution in [-0.2, 0) is 0 Å². The van der Waals surface area contributed by atoms with Gasteiger partial charge in [0.15, 0.2) is 5.11 Å². The van der Waals surface area contributed by atoms with Crippen molar-refractivity contribution in [2.24, 2.45) is 0 Å². The average molecular weight is 200 g/mol. The number of hydrogen-bond acceptors (Lipinski definition) is 2. The number of thiocarbonyl (C=S) groups is 1. The van der Waals surface area contributed by atoms with Crippen LogP contribution in [0.15, 0.2) is 10.8 Å². The predicted octanol–water partition coefficient (Wildman–Crippen LogP) is 2.36. The lowest BCUT2D eigenvalue weighted by Crippen LogP contribution is -2.27. The van der Waals surface area contributed by atoms with E-state index in [-0.39, 0.29) is 0 Å². The first-order valence-corrected chi connectivity index (χ1v) is 5.16. The maximum atomic E-state index is 5.04. The summed E-state index contributed by atoms with van der Waals surface area (Å²) in [7, 11) is 0. The van der Waals surface area contributed by atoms with Crippen LogP contribution >= 0.6 is 23.6 Å². The van der Waals surface area contributed by atoms with E-state index in [0.717, 1.165) is 12.2 Å². The molecule has 0 aromatic carbocycles. The van der Waals surface area contributed by atoms with Gasteiger partial charge in [0, 0.05) is 11.9 Å². The fraction of sp³-hybridized carbons (Fsp3) is 0.375.